The smallest absolute Gasteiger partial charge is 0.341 e. The summed E-state index contributed by atoms with van der Waals surface area (Å²) in [5.41, 5.74) is 2.07. The van der Waals surface area contributed by atoms with Crippen LogP contribution in [0.4, 0.5) is 8.78 Å². The van der Waals surface area contributed by atoms with Crippen molar-refractivity contribution in [2.75, 3.05) is 13.2 Å². The molecule has 1 heterocycles. The van der Waals surface area contributed by atoms with Crippen LogP contribution in [0.2, 0.25) is 0 Å². The normalized spacial score (nSPS) is 16.0. The number of hydrogen-bond acceptors (Lipinski definition) is 4. The van der Waals surface area contributed by atoms with Crippen molar-refractivity contribution in [1.82, 2.24) is 5.32 Å². The second-order valence-electron chi connectivity index (χ2n) is 5.65. The zero-order valence-corrected chi connectivity index (χ0v) is 13.1. The van der Waals surface area contributed by atoms with Crippen molar-refractivity contribution in [3.63, 3.8) is 0 Å². The maximum atomic E-state index is 13.7. The van der Waals surface area contributed by atoms with Gasteiger partial charge in [0.25, 0.3) is 0 Å². The Morgan fingerprint density at radius 2 is 2.04 bits per heavy atom. The Labute approximate surface area is 142 Å². The molecule has 128 valence electrons. The minimum absolute atomic E-state index is 0.275. The second-order valence-corrected chi connectivity index (χ2v) is 5.65. The van der Waals surface area contributed by atoms with E-state index in [1.807, 2.05) is 6.07 Å². The number of rotatable bonds is 4. The molecule has 0 radical (unpaired) electrons. The van der Waals surface area contributed by atoms with Crippen LogP contribution < -0.4 is 10.1 Å². The molecule has 1 aliphatic heterocycles. The fourth-order valence-electron chi connectivity index (χ4n) is 2.94. The van der Waals surface area contributed by atoms with Crippen LogP contribution in [-0.4, -0.2) is 24.2 Å². The van der Waals surface area contributed by atoms with Gasteiger partial charge in [-0.15, -0.1) is 0 Å². The molecule has 0 fully saturated rings. The minimum Gasteiger partial charge on any atom is -0.482 e. The molecule has 5 nitrogen and oxygen atoms in total. The largest absolute Gasteiger partial charge is 0.482 e. The molecule has 0 saturated heterocycles. The van der Waals surface area contributed by atoms with Gasteiger partial charge < -0.3 is 15.2 Å². The summed E-state index contributed by atoms with van der Waals surface area (Å²) in [6.07, 6.45) is 0.534. The highest BCUT2D eigenvalue weighted by atomic mass is 19.2. The lowest BCUT2D eigenvalue weighted by molar-refractivity contribution is -0.139. The van der Waals surface area contributed by atoms with Gasteiger partial charge in [0, 0.05) is 12.1 Å². The summed E-state index contributed by atoms with van der Waals surface area (Å²) in [5.74, 6) is -2.73. The standard InChI is InChI=1S/C18H14F2N2O3/c19-14-6-11-3-4-22-18(12(11)7-15(14)20)13-5-10(8-21)1-2-16(13)25-9-17(23)24/h1-2,5-7,18,22H,3-4,9H2,(H,23,24). The summed E-state index contributed by atoms with van der Waals surface area (Å²) in [6.45, 7) is -0.0197. The van der Waals surface area contributed by atoms with Gasteiger partial charge in [0.15, 0.2) is 18.2 Å². The van der Waals surface area contributed by atoms with E-state index < -0.39 is 30.3 Å². The number of nitrogens with zero attached hydrogens (tertiary/aromatic N) is 1. The number of hydrogen-bond donors (Lipinski definition) is 2. The molecule has 0 spiro atoms. The van der Waals surface area contributed by atoms with Crippen molar-refractivity contribution in [2.24, 2.45) is 0 Å². The molecule has 3 rings (SSSR count). The lowest BCUT2D eigenvalue weighted by Gasteiger charge is -2.29. The van der Waals surface area contributed by atoms with Crippen LogP contribution in [0.25, 0.3) is 0 Å². The molecule has 0 amide bonds. The van der Waals surface area contributed by atoms with E-state index in [4.69, 9.17) is 15.1 Å². The van der Waals surface area contributed by atoms with Crippen molar-refractivity contribution >= 4 is 5.97 Å². The third kappa shape index (κ3) is 3.44. The van der Waals surface area contributed by atoms with Crippen molar-refractivity contribution < 1.29 is 23.4 Å². The molecule has 2 aromatic rings. The molecule has 2 N–H and O–H groups in total. The minimum atomic E-state index is -1.14. The fourth-order valence-corrected chi connectivity index (χ4v) is 2.94. The zero-order valence-electron chi connectivity index (χ0n) is 13.1. The Hall–Kier alpha value is -2.98. The van der Waals surface area contributed by atoms with Crippen LogP contribution in [0, 0.1) is 23.0 Å². The molecule has 0 bridgehead atoms. The first-order chi connectivity index (χ1) is 12.0. The number of ether oxygens (including phenoxy) is 1. The Bertz CT molecular complexity index is 877. The van der Waals surface area contributed by atoms with Gasteiger partial charge in [-0.3, -0.25) is 0 Å². The molecule has 7 heteroatoms. The van der Waals surface area contributed by atoms with E-state index in [-0.39, 0.29) is 5.75 Å². The maximum absolute atomic E-state index is 13.7. The molecule has 25 heavy (non-hydrogen) atoms. The van der Waals surface area contributed by atoms with Gasteiger partial charge in [0.05, 0.1) is 17.7 Å². The topological polar surface area (TPSA) is 82.3 Å². The van der Waals surface area contributed by atoms with Gasteiger partial charge in [-0.1, -0.05) is 0 Å². The molecule has 1 aliphatic rings. The van der Waals surface area contributed by atoms with Crippen molar-refractivity contribution in [1.29, 1.82) is 5.26 Å². The van der Waals surface area contributed by atoms with E-state index in [1.54, 1.807) is 6.07 Å². The van der Waals surface area contributed by atoms with E-state index in [1.165, 1.54) is 18.2 Å². The molecule has 0 aliphatic carbocycles. The molecule has 0 aromatic heterocycles. The quantitative estimate of drug-likeness (QED) is 0.891. The maximum Gasteiger partial charge on any atom is 0.341 e. The van der Waals surface area contributed by atoms with Crippen LogP contribution >= 0.6 is 0 Å². The lowest BCUT2D eigenvalue weighted by Crippen LogP contribution is -2.31. The summed E-state index contributed by atoms with van der Waals surface area (Å²) in [6, 6.07) is 8.35. The van der Waals surface area contributed by atoms with Gasteiger partial charge in [0.1, 0.15) is 5.75 Å². The molecular formula is C18H14F2N2O3. The van der Waals surface area contributed by atoms with Gasteiger partial charge in [-0.25, -0.2) is 13.6 Å². The number of nitriles is 1. The first-order valence-corrected chi connectivity index (χ1v) is 7.59. The van der Waals surface area contributed by atoms with Crippen molar-refractivity contribution in [3.05, 3.63) is 64.2 Å². The molecule has 2 aromatic carbocycles. The third-order valence-electron chi connectivity index (χ3n) is 4.04. The van der Waals surface area contributed by atoms with Crippen LogP contribution in [0.15, 0.2) is 30.3 Å². The fraction of sp³-hybridized carbons (Fsp3) is 0.222. The number of aliphatic carboxylic acids is 1. The third-order valence-corrected chi connectivity index (χ3v) is 4.04. The number of nitrogens with one attached hydrogen (secondary N) is 1. The summed E-state index contributed by atoms with van der Waals surface area (Å²) < 4.78 is 32.6. The summed E-state index contributed by atoms with van der Waals surface area (Å²) in [4.78, 5) is 10.8. The number of halogens is 2. The van der Waals surface area contributed by atoms with E-state index in [2.05, 4.69) is 5.32 Å². The van der Waals surface area contributed by atoms with Gasteiger partial charge >= 0.3 is 5.97 Å². The molecular weight excluding hydrogens is 330 g/mol. The number of carboxylic acids is 1. The molecule has 1 unspecified atom stereocenters. The van der Waals surface area contributed by atoms with Crippen LogP contribution in [0.3, 0.4) is 0 Å². The summed E-state index contributed by atoms with van der Waals surface area (Å²) in [7, 11) is 0. The number of benzene rings is 2. The number of carbonyl (C=O) groups is 1. The monoisotopic (exact) mass is 344 g/mol. The van der Waals surface area contributed by atoms with E-state index >= 15 is 0 Å². The first kappa shape index (κ1) is 16.9. The molecule has 0 saturated carbocycles. The van der Waals surface area contributed by atoms with Gasteiger partial charge in [0.2, 0.25) is 0 Å². The van der Waals surface area contributed by atoms with Crippen LogP contribution in [-0.2, 0) is 11.2 Å². The second kappa shape index (κ2) is 6.87. The van der Waals surface area contributed by atoms with E-state index in [0.29, 0.717) is 35.2 Å². The highest BCUT2D eigenvalue weighted by molar-refractivity contribution is 5.68. The zero-order chi connectivity index (χ0) is 18.0. The Morgan fingerprint density at radius 3 is 2.76 bits per heavy atom. The highest BCUT2D eigenvalue weighted by Gasteiger charge is 2.26. The lowest BCUT2D eigenvalue weighted by atomic mass is 9.88. The predicted octanol–water partition coefficient (Wildman–Crippen LogP) is 2.53. The number of fused-ring (bicyclic) bond motifs is 1. The average Bonchev–Trinajstić information content (AvgIpc) is 2.60. The van der Waals surface area contributed by atoms with Crippen LogP contribution in [0.5, 0.6) is 5.75 Å². The van der Waals surface area contributed by atoms with Crippen LogP contribution in [0.1, 0.15) is 28.3 Å². The highest BCUT2D eigenvalue weighted by Crippen LogP contribution is 2.35. The predicted molar refractivity (Wildman–Crippen MR) is 84.2 cm³/mol. The average molecular weight is 344 g/mol. The van der Waals surface area contributed by atoms with Gasteiger partial charge in [-0.05, 0) is 47.9 Å². The summed E-state index contributed by atoms with van der Waals surface area (Å²) >= 11 is 0. The van der Waals surface area contributed by atoms with Gasteiger partial charge in [-0.2, -0.15) is 5.26 Å². The first-order valence-electron chi connectivity index (χ1n) is 7.59. The summed E-state index contributed by atoms with van der Waals surface area (Å²) in [5, 5.41) is 21.1. The SMILES string of the molecule is N#Cc1ccc(OCC(=O)O)c(C2NCCc3cc(F)c(F)cc32)c1. The Morgan fingerprint density at radius 1 is 1.28 bits per heavy atom. The Balaban J connectivity index is 2.09. The number of carboxylic acid groups (broad SMARTS) is 1. The Kier molecular flexibility index (Phi) is 4.63. The van der Waals surface area contributed by atoms with E-state index in [9.17, 15) is 13.6 Å². The van der Waals surface area contributed by atoms with E-state index in [0.717, 1.165) is 6.07 Å². The molecule has 1 atom stereocenters. The van der Waals surface area contributed by atoms with Crippen molar-refractivity contribution in [3.8, 4) is 11.8 Å². The van der Waals surface area contributed by atoms with Crippen molar-refractivity contribution in [2.45, 2.75) is 12.5 Å².